The van der Waals surface area contributed by atoms with Crippen molar-refractivity contribution in [1.82, 2.24) is 13.5 Å². The molecule has 0 aromatic heterocycles. The minimum absolute atomic E-state index is 0.130. The molecule has 2 aliphatic heterocycles. The highest BCUT2D eigenvalue weighted by Crippen LogP contribution is 2.38. The van der Waals surface area contributed by atoms with Crippen molar-refractivity contribution in [2.45, 2.75) is 121 Å². The number of nitriles is 1. The Kier molecular flexibility index (Phi) is 24.1. The van der Waals surface area contributed by atoms with E-state index in [1.807, 2.05) is 104 Å². The normalized spacial score (nSPS) is 13.9. The summed E-state index contributed by atoms with van der Waals surface area (Å²) in [5.41, 5.74) is 9.05. The number of hydrogen-bond acceptors (Lipinski definition) is 16. The average molecular weight is 1310 g/mol. The number of nitrogens with one attached hydrogen (secondary N) is 2. The number of sulfonamides is 2. The molecule has 0 aliphatic carbocycles. The number of hydrogen-bond donors (Lipinski definition) is 2. The molecule has 1 fully saturated rings. The molecule has 20 nitrogen and oxygen atoms in total. The summed E-state index contributed by atoms with van der Waals surface area (Å²) in [5, 5.41) is 24.9. The molecule has 0 bridgehead atoms. The van der Waals surface area contributed by atoms with Crippen LogP contribution < -0.4 is 24.8 Å². The standard InChI is InChI=1S/C26H34N2O5S.C25H24N2O3S.C18H23N3O5S/c1-17-14-18(2)20(4)26(19(17)3)34(30,31)28-12-10-27(11-13-28)21(5)23(29)8-6-22-7-9-24-25(15-22)33-16-32-24;1-17-11-12-19(3)23(13-17)31(29,30)24(22-10-5-4-7-18(22)2)15-25(28)27-21-9-6-8-20(14-21)16-26;1-4-20(5-2)27(24,25)18-13-15(21(22)23)9-12-17(18)19-14-7-10-16(11-8-14)26-6-3/h7,9,14-15,21H,6,8,10-13,16H2,1-5H3;4-14,24H,15H2,1-3H3,(H,27,28);7-13,19H,4-6H2,1-3H3. The highest BCUT2D eigenvalue weighted by molar-refractivity contribution is 7.91. The first kappa shape index (κ1) is 70.9. The van der Waals surface area contributed by atoms with Gasteiger partial charge < -0.3 is 24.8 Å². The minimum atomic E-state index is -3.88. The molecule has 0 spiro atoms. The van der Waals surface area contributed by atoms with E-state index in [1.165, 1.54) is 16.4 Å². The van der Waals surface area contributed by atoms with Crippen LogP contribution in [0.1, 0.15) is 101 Å². The van der Waals surface area contributed by atoms with E-state index in [-0.39, 0.29) is 59.3 Å². The Labute approximate surface area is 541 Å². The van der Waals surface area contributed by atoms with E-state index in [0.29, 0.717) is 84.3 Å². The third-order valence-corrected chi connectivity index (χ3v) is 22.9. The zero-order chi connectivity index (χ0) is 67.2. The molecule has 2 N–H and O–H groups in total. The van der Waals surface area contributed by atoms with Crippen molar-refractivity contribution in [3.63, 3.8) is 0 Å². The maximum absolute atomic E-state index is 13.7. The molecular formula is C69H81N7O13S3. The number of rotatable bonds is 22. The van der Waals surface area contributed by atoms with Crippen molar-refractivity contribution < 1.29 is 54.0 Å². The topological polar surface area (TPSA) is 265 Å². The smallest absolute Gasteiger partial charge is 0.270 e. The van der Waals surface area contributed by atoms with Gasteiger partial charge in [0.15, 0.2) is 21.3 Å². The Morgan fingerprint density at radius 1 is 0.707 bits per heavy atom. The maximum atomic E-state index is 13.7. The van der Waals surface area contributed by atoms with Gasteiger partial charge in [-0.25, -0.2) is 25.3 Å². The van der Waals surface area contributed by atoms with Gasteiger partial charge in [0.2, 0.25) is 32.7 Å². The predicted octanol–water partition coefficient (Wildman–Crippen LogP) is 12.3. The number of carbonyl (C=O) groups excluding carboxylic acids is 2. The van der Waals surface area contributed by atoms with E-state index >= 15 is 0 Å². The van der Waals surface area contributed by atoms with Crippen LogP contribution in [-0.2, 0) is 45.9 Å². The quantitative estimate of drug-likeness (QED) is 0.0472. The van der Waals surface area contributed by atoms with E-state index in [9.17, 15) is 45.0 Å². The molecule has 1 saturated heterocycles. The van der Waals surface area contributed by atoms with Crippen LogP contribution in [0.25, 0.3) is 0 Å². The number of nitro benzene ring substituents is 1. The zero-order valence-electron chi connectivity index (χ0n) is 53.9. The van der Waals surface area contributed by atoms with Crippen LogP contribution in [0.15, 0.2) is 148 Å². The second kappa shape index (κ2) is 31.2. The number of benzene rings is 7. The predicted molar refractivity (Wildman–Crippen MR) is 357 cm³/mol. The number of fused-ring (bicyclic) bond motifs is 1. The van der Waals surface area contributed by atoms with Crippen LogP contribution in [0.5, 0.6) is 17.2 Å². The van der Waals surface area contributed by atoms with Crippen molar-refractivity contribution in [1.29, 1.82) is 5.26 Å². The first-order valence-electron chi connectivity index (χ1n) is 30.3. The summed E-state index contributed by atoms with van der Waals surface area (Å²) in [5.74, 6) is 1.89. The monoisotopic (exact) mass is 1310 g/mol. The molecule has 0 saturated carbocycles. The first-order chi connectivity index (χ1) is 43.6. The third kappa shape index (κ3) is 17.1. The molecule has 2 heterocycles. The average Bonchev–Trinajstić information content (AvgIpc) is 0.907. The number of non-ortho nitro benzene ring substituents is 1. The number of carbonyl (C=O) groups is 2. The molecule has 2 atom stereocenters. The van der Waals surface area contributed by atoms with E-state index in [2.05, 4.69) is 15.5 Å². The Hall–Kier alpha value is -8.50. The van der Waals surface area contributed by atoms with E-state index in [0.717, 1.165) is 56.5 Å². The van der Waals surface area contributed by atoms with Crippen molar-refractivity contribution in [3.8, 4) is 23.3 Å². The molecule has 7 aromatic carbocycles. The lowest BCUT2D eigenvalue weighted by Gasteiger charge is -2.37. The molecule has 2 unspecified atom stereocenters. The lowest BCUT2D eigenvalue weighted by atomic mass is 10.0. The van der Waals surface area contributed by atoms with Crippen LogP contribution in [0.3, 0.4) is 0 Å². The second-order valence-electron chi connectivity index (χ2n) is 22.6. The molecule has 1 amide bonds. The fraction of sp³-hybridized carbons (Fsp3) is 0.348. The van der Waals surface area contributed by atoms with Gasteiger partial charge >= 0.3 is 0 Å². The van der Waals surface area contributed by atoms with Crippen molar-refractivity contribution >= 4 is 64.3 Å². The molecular weight excluding hydrogens is 1230 g/mol. The SMILES string of the molecule is CCOc1ccc(Nc2ccc([N+](=O)[O-])cc2S(=O)(=O)N(CC)CC)cc1.Cc1cc(C)c(C)c(S(=O)(=O)N2CCN(C(C)C(=O)CCc3ccc4c(c3)OCO4)CC2)c1C.Cc1ccc(C)c(S(=O)(=O)C(CC(=O)Nc2cccc(C#N)c2)c2ccccc2C)c1. The fourth-order valence-electron chi connectivity index (χ4n) is 11.0. The van der Waals surface area contributed by atoms with E-state index in [4.69, 9.17) is 19.5 Å². The van der Waals surface area contributed by atoms with Crippen LogP contribution >= 0.6 is 0 Å². The summed E-state index contributed by atoms with van der Waals surface area (Å²) in [6.45, 7) is 23.5. The van der Waals surface area contributed by atoms with Crippen molar-refractivity contribution in [2.75, 3.05) is 63.3 Å². The number of Topliss-reactive ketones (excluding diaryl/α,β-unsaturated/α-hetero) is 1. The Morgan fingerprint density at radius 2 is 1.37 bits per heavy atom. The van der Waals surface area contributed by atoms with Gasteiger partial charge in [0, 0.05) is 75.6 Å². The third-order valence-electron chi connectivity index (χ3n) is 16.4. The fourth-order valence-corrected chi connectivity index (χ4v) is 16.7. The number of aryl methyl sites for hydroxylation is 6. The number of nitro groups is 1. The summed E-state index contributed by atoms with van der Waals surface area (Å²) in [7, 11) is -11.3. The van der Waals surface area contributed by atoms with Crippen LogP contribution in [0, 0.1) is 69.9 Å². The number of ether oxygens (including phenoxy) is 3. The summed E-state index contributed by atoms with van der Waals surface area (Å²) >= 11 is 0. The van der Waals surface area contributed by atoms with E-state index in [1.54, 1.807) is 97.9 Å². The highest BCUT2D eigenvalue weighted by atomic mass is 32.2. The lowest BCUT2D eigenvalue weighted by Crippen LogP contribution is -2.53. The van der Waals surface area contributed by atoms with Gasteiger partial charge in [0.25, 0.3) is 5.69 Å². The zero-order valence-corrected chi connectivity index (χ0v) is 56.4. The maximum Gasteiger partial charge on any atom is 0.270 e. The number of amides is 1. The summed E-state index contributed by atoms with van der Waals surface area (Å²) < 4.78 is 99.4. The highest BCUT2D eigenvalue weighted by Gasteiger charge is 2.36. The van der Waals surface area contributed by atoms with Crippen molar-refractivity contribution in [2.24, 2.45) is 0 Å². The van der Waals surface area contributed by atoms with Crippen molar-refractivity contribution in [3.05, 3.63) is 199 Å². The number of piperazine rings is 1. The number of nitrogens with zero attached hydrogens (tertiary/aromatic N) is 5. The first-order valence-corrected chi connectivity index (χ1v) is 34.8. The van der Waals surface area contributed by atoms with Gasteiger partial charge in [0.1, 0.15) is 16.4 Å². The van der Waals surface area contributed by atoms with Gasteiger partial charge in [-0.15, -0.1) is 0 Å². The molecule has 2 aliphatic rings. The van der Waals surface area contributed by atoms with Gasteiger partial charge in [0.05, 0.1) is 49.9 Å². The molecule has 9 rings (SSSR count). The Morgan fingerprint density at radius 3 is 2.00 bits per heavy atom. The molecule has 7 aromatic rings. The minimum Gasteiger partial charge on any atom is -0.494 e. The molecule has 92 heavy (non-hydrogen) atoms. The lowest BCUT2D eigenvalue weighted by molar-refractivity contribution is -0.385. The van der Waals surface area contributed by atoms with Gasteiger partial charge in [-0.3, -0.25) is 24.6 Å². The number of anilines is 3. The second-order valence-corrected chi connectivity index (χ2v) is 28.5. The van der Waals surface area contributed by atoms with Gasteiger partial charge in [-0.05, 0) is 186 Å². The summed E-state index contributed by atoms with van der Waals surface area (Å²) in [6, 6.07) is 39.4. The van der Waals surface area contributed by atoms with Crippen LogP contribution in [-0.4, -0.2) is 114 Å². The summed E-state index contributed by atoms with van der Waals surface area (Å²) in [4.78, 5) is 38.9. The van der Waals surface area contributed by atoms with Gasteiger partial charge in [-0.2, -0.15) is 13.9 Å². The van der Waals surface area contributed by atoms with E-state index < -0.39 is 46.0 Å². The van der Waals surface area contributed by atoms with Gasteiger partial charge in [-0.1, -0.05) is 68.4 Å². The Balaban J connectivity index is 0.000000197. The molecule has 488 valence electrons. The largest absolute Gasteiger partial charge is 0.494 e. The van der Waals surface area contributed by atoms with Crippen LogP contribution in [0.4, 0.5) is 22.7 Å². The Bertz CT molecular complexity index is 4190. The summed E-state index contributed by atoms with van der Waals surface area (Å²) in [6.07, 6.45) is 0.830. The molecule has 0 radical (unpaired) electrons. The molecule has 23 heteroatoms. The van der Waals surface area contributed by atoms with Crippen LogP contribution in [0.2, 0.25) is 0 Å². The number of ketones is 1. The number of sulfone groups is 1.